The molecule has 1 aliphatic rings. The van der Waals surface area contributed by atoms with Crippen LogP contribution in [0.15, 0.2) is 17.0 Å². The van der Waals surface area contributed by atoms with E-state index >= 15 is 0 Å². The number of carbonyl (C=O) groups is 1. The Labute approximate surface area is 144 Å². The van der Waals surface area contributed by atoms with Crippen LogP contribution in [0.5, 0.6) is 0 Å². The second kappa shape index (κ2) is 7.63. The van der Waals surface area contributed by atoms with Crippen LogP contribution in [0.2, 0.25) is 0 Å². The summed E-state index contributed by atoms with van der Waals surface area (Å²) in [5.41, 5.74) is 1.83. The topological polar surface area (TPSA) is 75.7 Å². The van der Waals surface area contributed by atoms with E-state index in [0.717, 1.165) is 25.0 Å². The summed E-state index contributed by atoms with van der Waals surface area (Å²) >= 11 is 0. The molecular formula is C17H26N2O4S. The van der Waals surface area contributed by atoms with Gasteiger partial charge in [0.1, 0.15) is 0 Å². The number of hydrogen-bond donors (Lipinski definition) is 1. The van der Waals surface area contributed by atoms with E-state index in [1.165, 1.54) is 13.1 Å². The second-order valence-electron chi connectivity index (χ2n) is 6.10. The number of sulfonamides is 1. The number of amides is 1. The van der Waals surface area contributed by atoms with Crippen molar-refractivity contribution in [2.45, 2.75) is 44.6 Å². The van der Waals surface area contributed by atoms with Crippen molar-refractivity contribution < 1.29 is 17.9 Å². The highest BCUT2D eigenvalue weighted by molar-refractivity contribution is 7.89. The van der Waals surface area contributed by atoms with Crippen molar-refractivity contribution >= 4 is 15.9 Å². The fourth-order valence-corrected chi connectivity index (χ4v) is 3.98. The monoisotopic (exact) mass is 354 g/mol. The minimum absolute atomic E-state index is 0.0703. The van der Waals surface area contributed by atoms with Gasteiger partial charge in [-0.05, 0) is 63.9 Å². The van der Waals surface area contributed by atoms with Crippen molar-refractivity contribution in [1.29, 1.82) is 0 Å². The van der Waals surface area contributed by atoms with Gasteiger partial charge in [0, 0.05) is 25.3 Å². The van der Waals surface area contributed by atoms with Gasteiger partial charge >= 0.3 is 0 Å². The first-order valence-corrected chi connectivity index (χ1v) is 9.74. The molecule has 2 rings (SSSR count). The first-order valence-electron chi connectivity index (χ1n) is 8.25. The number of nitrogens with zero attached hydrogens (tertiary/aromatic N) is 1. The van der Waals surface area contributed by atoms with Crippen molar-refractivity contribution in [3.63, 3.8) is 0 Å². The van der Waals surface area contributed by atoms with Gasteiger partial charge < -0.3 is 9.64 Å². The molecule has 134 valence electrons. The maximum Gasteiger partial charge on any atom is 0.253 e. The van der Waals surface area contributed by atoms with Crippen molar-refractivity contribution in [2.75, 3.05) is 26.7 Å². The summed E-state index contributed by atoms with van der Waals surface area (Å²) in [5.74, 6) is -0.163. The Morgan fingerprint density at radius 1 is 1.38 bits per heavy atom. The maximum atomic E-state index is 12.8. The molecule has 6 nitrogen and oxygen atoms in total. The highest BCUT2D eigenvalue weighted by Crippen LogP contribution is 2.22. The van der Waals surface area contributed by atoms with Crippen LogP contribution in [0.25, 0.3) is 0 Å². The fourth-order valence-electron chi connectivity index (χ4n) is 2.91. The molecule has 0 saturated carbocycles. The summed E-state index contributed by atoms with van der Waals surface area (Å²) in [6, 6.07) is 3.22. The van der Waals surface area contributed by atoms with Gasteiger partial charge in [-0.25, -0.2) is 13.1 Å². The lowest BCUT2D eigenvalue weighted by molar-refractivity contribution is 0.0539. The van der Waals surface area contributed by atoms with Gasteiger partial charge in [-0.2, -0.15) is 0 Å². The Kier molecular flexibility index (Phi) is 6.01. The summed E-state index contributed by atoms with van der Waals surface area (Å²) in [5, 5.41) is 0. The zero-order valence-corrected chi connectivity index (χ0v) is 15.6. The molecule has 0 aliphatic carbocycles. The SMILES string of the molecule is CCN(CC1CCCO1)C(=O)c1cc(C)c(C)c(S(=O)(=O)NC)c1. The van der Waals surface area contributed by atoms with E-state index in [4.69, 9.17) is 4.74 Å². The van der Waals surface area contributed by atoms with Gasteiger partial charge in [0.15, 0.2) is 0 Å². The van der Waals surface area contributed by atoms with Gasteiger partial charge in [0.2, 0.25) is 10.0 Å². The number of rotatable bonds is 6. The van der Waals surface area contributed by atoms with Crippen LogP contribution in [0.1, 0.15) is 41.3 Å². The normalized spacial score (nSPS) is 17.9. The van der Waals surface area contributed by atoms with E-state index in [2.05, 4.69) is 4.72 Å². The molecule has 0 bridgehead atoms. The number of ether oxygens (including phenoxy) is 1. The highest BCUT2D eigenvalue weighted by Gasteiger charge is 2.25. The zero-order valence-electron chi connectivity index (χ0n) is 14.8. The van der Waals surface area contributed by atoms with Gasteiger partial charge in [-0.15, -0.1) is 0 Å². The standard InChI is InChI=1S/C17H26N2O4S/c1-5-19(11-15-7-6-8-23-15)17(20)14-9-12(2)13(3)16(10-14)24(21,22)18-4/h9-10,15,18H,5-8,11H2,1-4H3. The Balaban J connectivity index is 2.34. The minimum Gasteiger partial charge on any atom is -0.376 e. The number of hydrogen-bond acceptors (Lipinski definition) is 4. The van der Waals surface area contributed by atoms with Crippen LogP contribution in [0.4, 0.5) is 0 Å². The molecule has 1 atom stereocenters. The highest BCUT2D eigenvalue weighted by atomic mass is 32.2. The van der Waals surface area contributed by atoms with Crippen molar-refractivity contribution in [2.24, 2.45) is 0 Å². The molecule has 1 aromatic rings. The predicted octanol–water partition coefficient (Wildman–Crippen LogP) is 1.85. The van der Waals surface area contributed by atoms with E-state index in [9.17, 15) is 13.2 Å². The van der Waals surface area contributed by atoms with E-state index in [-0.39, 0.29) is 16.9 Å². The summed E-state index contributed by atoms with van der Waals surface area (Å²) in [4.78, 5) is 14.7. The van der Waals surface area contributed by atoms with Gasteiger partial charge in [-0.1, -0.05) is 0 Å². The Hall–Kier alpha value is -1.44. The third-order valence-electron chi connectivity index (χ3n) is 4.54. The summed E-state index contributed by atoms with van der Waals surface area (Å²) in [6.07, 6.45) is 2.04. The van der Waals surface area contributed by atoms with Crippen LogP contribution >= 0.6 is 0 Å². The largest absolute Gasteiger partial charge is 0.376 e. The van der Waals surface area contributed by atoms with Crippen LogP contribution in [0, 0.1) is 13.8 Å². The third kappa shape index (κ3) is 3.96. The van der Waals surface area contributed by atoms with Crippen LogP contribution in [0.3, 0.4) is 0 Å². The predicted molar refractivity (Wildman–Crippen MR) is 92.7 cm³/mol. The molecule has 1 unspecified atom stereocenters. The van der Waals surface area contributed by atoms with Crippen molar-refractivity contribution in [3.8, 4) is 0 Å². The Bertz CT molecular complexity index is 710. The molecule has 1 aromatic carbocycles. The lowest BCUT2D eigenvalue weighted by Gasteiger charge is -2.24. The van der Waals surface area contributed by atoms with Gasteiger partial charge in [0.05, 0.1) is 11.0 Å². The number of nitrogens with one attached hydrogen (secondary N) is 1. The van der Waals surface area contributed by atoms with Crippen LogP contribution in [-0.4, -0.2) is 52.1 Å². The molecule has 7 heteroatoms. The summed E-state index contributed by atoms with van der Waals surface area (Å²) < 4.78 is 32.4. The second-order valence-corrected chi connectivity index (χ2v) is 7.96. The minimum atomic E-state index is -3.61. The summed E-state index contributed by atoms with van der Waals surface area (Å²) in [7, 11) is -2.24. The Morgan fingerprint density at radius 2 is 2.08 bits per heavy atom. The molecule has 24 heavy (non-hydrogen) atoms. The quantitative estimate of drug-likeness (QED) is 0.846. The zero-order chi connectivity index (χ0) is 17.9. The lowest BCUT2D eigenvalue weighted by atomic mass is 10.0. The molecule has 1 fully saturated rings. The number of aryl methyl sites for hydroxylation is 1. The number of benzene rings is 1. The molecular weight excluding hydrogens is 328 g/mol. The molecule has 0 aromatic heterocycles. The van der Waals surface area contributed by atoms with E-state index in [1.807, 2.05) is 13.8 Å². The van der Waals surface area contributed by atoms with E-state index in [1.54, 1.807) is 17.9 Å². The molecule has 0 spiro atoms. The number of carbonyl (C=O) groups excluding carboxylic acids is 1. The maximum absolute atomic E-state index is 12.8. The van der Waals surface area contributed by atoms with Crippen LogP contribution < -0.4 is 4.72 Å². The average molecular weight is 354 g/mol. The third-order valence-corrected chi connectivity index (χ3v) is 6.08. The summed E-state index contributed by atoms with van der Waals surface area (Å²) in [6.45, 7) is 7.31. The lowest BCUT2D eigenvalue weighted by Crippen LogP contribution is -2.37. The average Bonchev–Trinajstić information content (AvgIpc) is 3.07. The Morgan fingerprint density at radius 3 is 2.62 bits per heavy atom. The van der Waals surface area contributed by atoms with Crippen molar-refractivity contribution in [3.05, 3.63) is 28.8 Å². The van der Waals surface area contributed by atoms with Crippen molar-refractivity contribution in [1.82, 2.24) is 9.62 Å². The first-order chi connectivity index (χ1) is 11.3. The van der Waals surface area contributed by atoms with Gasteiger partial charge in [-0.3, -0.25) is 4.79 Å². The van der Waals surface area contributed by atoms with Gasteiger partial charge in [0.25, 0.3) is 5.91 Å². The molecule has 1 heterocycles. The van der Waals surface area contributed by atoms with E-state index in [0.29, 0.717) is 24.2 Å². The molecule has 1 saturated heterocycles. The first kappa shape index (κ1) is 18.9. The molecule has 1 N–H and O–H groups in total. The van der Waals surface area contributed by atoms with Crippen LogP contribution in [-0.2, 0) is 14.8 Å². The fraction of sp³-hybridized carbons (Fsp3) is 0.588. The smallest absolute Gasteiger partial charge is 0.253 e. The van der Waals surface area contributed by atoms with E-state index < -0.39 is 10.0 Å². The number of likely N-dealkylation sites (N-methyl/N-ethyl adjacent to an activating group) is 1. The molecule has 0 radical (unpaired) electrons. The molecule has 1 aliphatic heterocycles. The molecule has 1 amide bonds.